The molecule has 1 unspecified atom stereocenters. The summed E-state index contributed by atoms with van der Waals surface area (Å²) < 4.78 is 12.9. The molecule has 6 heteroatoms. The minimum Gasteiger partial charge on any atom is -0.262 e. The number of nitrogens with zero attached hydrogens (tertiary/aromatic N) is 2. The molecule has 21 heavy (non-hydrogen) atoms. The van der Waals surface area contributed by atoms with E-state index in [-0.39, 0.29) is 11.1 Å². The highest BCUT2D eigenvalue weighted by atomic mass is 32.2. The standard InChI is InChI=1S/C15H14FN3S2/c1-10(11-4-6-12(16)7-5-11)21-15-17-14(18-19-15)9-13-3-2-8-20-13/h2-8,10H,9H2,1H3,(H,17,18,19). The second-order valence-electron chi connectivity index (χ2n) is 4.63. The van der Waals surface area contributed by atoms with Gasteiger partial charge in [-0.05, 0) is 36.1 Å². The van der Waals surface area contributed by atoms with E-state index < -0.39 is 0 Å². The monoisotopic (exact) mass is 319 g/mol. The van der Waals surface area contributed by atoms with Crippen molar-refractivity contribution in [2.45, 2.75) is 23.8 Å². The van der Waals surface area contributed by atoms with E-state index in [9.17, 15) is 4.39 Å². The molecule has 0 aliphatic heterocycles. The molecule has 0 saturated carbocycles. The maximum atomic E-state index is 12.9. The van der Waals surface area contributed by atoms with Crippen LogP contribution in [-0.2, 0) is 6.42 Å². The van der Waals surface area contributed by atoms with E-state index in [4.69, 9.17) is 0 Å². The van der Waals surface area contributed by atoms with Gasteiger partial charge in [0.2, 0.25) is 5.16 Å². The molecule has 0 aliphatic rings. The number of halogens is 1. The summed E-state index contributed by atoms with van der Waals surface area (Å²) in [7, 11) is 0. The minimum absolute atomic E-state index is 0.177. The van der Waals surface area contributed by atoms with E-state index in [0.717, 1.165) is 23.0 Å². The largest absolute Gasteiger partial charge is 0.262 e. The van der Waals surface area contributed by atoms with Gasteiger partial charge >= 0.3 is 0 Å². The molecule has 0 spiro atoms. The smallest absolute Gasteiger partial charge is 0.209 e. The first-order valence-electron chi connectivity index (χ1n) is 6.56. The molecule has 3 rings (SSSR count). The van der Waals surface area contributed by atoms with Crippen molar-refractivity contribution in [1.82, 2.24) is 15.2 Å². The first-order valence-corrected chi connectivity index (χ1v) is 8.32. The van der Waals surface area contributed by atoms with Crippen LogP contribution in [0, 0.1) is 5.82 Å². The van der Waals surface area contributed by atoms with Gasteiger partial charge in [-0.3, -0.25) is 5.10 Å². The molecule has 1 aromatic carbocycles. The van der Waals surface area contributed by atoms with Gasteiger partial charge < -0.3 is 0 Å². The van der Waals surface area contributed by atoms with Gasteiger partial charge in [-0.15, -0.1) is 16.4 Å². The predicted molar refractivity (Wildman–Crippen MR) is 84.2 cm³/mol. The quantitative estimate of drug-likeness (QED) is 0.706. The highest BCUT2D eigenvalue weighted by Gasteiger charge is 2.12. The summed E-state index contributed by atoms with van der Waals surface area (Å²) in [6.45, 7) is 2.06. The van der Waals surface area contributed by atoms with Crippen molar-refractivity contribution < 1.29 is 4.39 Å². The Kier molecular flexibility index (Phi) is 4.36. The lowest BCUT2D eigenvalue weighted by molar-refractivity contribution is 0.627. The lowest BCUT2D eigenvalue weighted by atomic mass is 10.2. The molecule has 108 valence electrons. The molecule has 0 amide bonds. The Morgan fingerprint density at radius 3 is 2.81 bits per heavy atom. The van der Waals surface area contributed by atoms with Gasteiger partial charge in [0.25, 0.3) is 0 Å². The molecular formula is C15H14FN3S2. The second kappa shape index (κ2) is 6.41. The Balaban J connectivity index is 1.65. The van der Waals surface area contributed by atoms with Crippen molar-refractivity contribution in [1.29, 1.82) is 0 Å². The van der Waals surface area contributed by atoms with Crippen molar-refractivity contribution in [2.75, 3.05) is 0 Å². The zero-order valence-corrected chi connectivity index (χ0v) is 13.0. The van der Waals surface area contributed by atoms with Crippen LogP contribution in [0.5, 0.6) is 0 Å². The van der Waals surface area contributed by atoms with Crippen LogP contribution < -0.4 is 0 Å². The van der Waals surface area contributed by atoms with E-state index in [1.54, 1.807) is 35.2 Å². The number of rotatable bonds is 5. The Morgan fingerprint density at radius 2 is 2.10 bits per heavy atom. The van der Waals surface area contributed by atoms with Gasteiger partial charge in [0.15, 0.2) is 0 Å². The molecule has 0 fully saturated rings. The van der Waals surface area contributed by atoms with Crippen LogP contribution in [0.3, 0.4) is 0 Å². The third-order valence-electron chi connectivity index (χ3n) is 3.05. The molecule has 3 nitrogen and oxygen atoms in total. The van der Waals surface area contributed by atoms with Crippen LogP contribution in [0.4, 0.5) is 4.39 Å². The van der Waals surface area contributed by atoms with Crippen LogP contribution in [-0.4, -0.2) is 15.2 Å². The van der Waals surface area contributed by atoms with Crippen molar-refractivity contribution in [3.05, 3.63) is 63.9 Å². The zero-order valence-electron chi connectivity index (χ0n) is 11.4. The maximum absolute atomic E-state index is 12.9. The minimum atomic E-state index is -0.216. The molecule has 0 bridgehead atoms. The zero-order chi connectivity index (χ0) is 14.7. The number of H-pyrrole nitrogens is 1. The fourth-order valence-electron chi connectivity index (χ4n) is 1.95. The van der Waals surface area contributed by atoms with Crippen molar-refractivity contribution in [3.63, 3.8) is 0 Å². The summed E-state index contributed by atoms with van der Waals surface area (Å²) in [6, 6.07) is 10.7. The summed E-state index contributed by atoms with van der Waals surface area (Å²) in [5.74, 6) is 0.651. The lowest BCUT2D eigenvalue weighted by Crippen LogP contribution is -1.90. The SMILES string of the molecule is CC(Sc1n[nH]c(Cc2cccs2)n1)c1ccc(F)cc1. The lowest BCUT2D eigenvalue weighted by Gasteiger charge is -2.08. The highest BCUT2D eigenvalue weighted by molar-refractivity contribution is 7.99. The van der Waals surface area contributed by atoms with Crippen LogP contribution >= 0.6 is 23.1 Å². The second-order valence-corrected chi connectivity index (χ2v) is 6.97. The number of benzene rings is 1. The first kappa shape index (κ1) is 14.3. The molecule has 0 radical (unpaired) electrons. The molecule has 0 saturated heterocycles. The number of thiophene rings is 1. The number of hydrogen-bond donors (Lipinski definition) is 1. The van der Waals surface area contributed by atoms with Gasteiger partial charge in [0.05, 0.1) is 0 Å². The highest BCUT2D eigenvalue weighted by Crippen LogP contribution is 2.32. The Labute approximate surface area is 130 Å². The van der Waals surface area contributed by atoms with Crippen molar-refractivity contribution in [3.8, 4) is 0 Å². The number of aromatic amines is 1. The van der Waals surface area contributed by atoms with E-state index in [2.05, 4.69) is 33.6 Å². The summed E-state index contributed by atoms with van der Waals surface area (Å²) in [5.41, 5.74) is 1.06. The molecule has 0 aliphatic carbocycles. The molecule has 2 heterocycles. The fraction of sp³-hybridized carbons (Fsp3) is 0.200. The molecular weight excluding hydrogens is 305 g/mol. The van der Waals surface area contributed by atoms with Gasteiger partial charge in [0.1, 0.15) is 11.6 Å². The summed E-state index contributed by atoms with van der Waals surface area (Å²) in [5, 5.41) is 10.2. The van der Waals surface area contributed by atoms with Crippen molar-refractivity contribution >= 4 is 23.1 Å². The van der Waals surface area contributed by atoms with E-state index >= 15 is 0 Å². The average Bonchev–Trinajstić information content (AvgIpc) is 3.12. The fourth-order valence-corrected chi connectivity index (χ4v) is 3.53. The summed E-state index contributed by atoms with van der Waals surface area (Å²) in [6.07, 6.45) is 0.774. The van der Waals surface area contributed by atoms with Crippen LogP contribution in [0.2, 0.25) is 0 Å². The van der Waals surface area contributed by atoms with Gasteiger partial charge in [-0.25, -0.2) is 9.37 Å². The number of hydrogen-bond acceptors (Lipinski definition) is 4. The average molecular weight is 319 g/mol. The Bertz CT molecular complexity index is 692. The van der Waals surface area contributed by atoms with E-state index in [1.807, 2.05) is 6.07 Å². The van der Waals surface area contributed by atoms with E-state index in [0.29, 0.717) is 0 Å². The molecule has 2 aromatic heterocycles. The summed E-state index contributed by atoms with van der Waals surface area (Å²) in [4.78, 5) is 5.76. The molecule has 3 aromatic rings. The van der Waals surface area contributed by atoms with Crippen LogP contribution in [0.1, 0.15) is 28.4 Å². The predicted octanol–water partition coefficient (Wildman–Crippen LogP) is 4.45. The van der Waals surface area contributed by atoms with Gasteiger partial charge in [-0.1, -0.05) is 30.0 Å². The Morgan fingerprint density at radius 1 is 1.29 bits per heavy atom. The van der Waals surface area contributed by atoms with Crippen LogP contribution in [0.25, 0.3) is 0 Å². The Hall–Kier alpha value is -1.66. The van der Waals surface area contributed by atoms with Gasteiger partial charge in [-0.2, -0.15) is 0 Å². The third-order valence-corrected chi connectivity index (χ3v) is 4.95. The number of thioether (sulfide) groups is 1. The topological polar surface area (TPSA) is 41.6 Å². The van der Waals surface area contributed by atoms with Crippen molar-refractivity contribution in [2.24, 2.45) is 0 Å². The van der Waals surface area contributed by atoms with Gasteiger partial charge in [0, 0.05) is 16.5 Å². The van der Waals surface area contributed by atoms with E-state index in [1.165, 1.54) is 17.0 Å². The number of nitrogens with one attached hydrogen (secondary N) is 1. The third kappa shape index (κ3) is 3.71. The first-order chi connectivity index (χ1) is 10.2. The molecule has 1 atom stereocenters. The molecule has 1 N–H and O–H groups in total. The number of aromatic nitrogens is 3. The normalized spacial score (nSPS) is 12.5. The van der Waals surface area contributed by atoms with Crippen LogP contribution in [0.15, 0.2) is 46.9 Å². The maximum Gasteiger partial charge on any atom is 0.209 e. The summed E-state index contributed by atoms with van der Waals surface area (Å²) >= 11 is 3.27.